The third-order valence-corrected chi connectivity index (χ3v) is 3.61. The van der Waals surface area contributed by atoms with E-state index in [1.165, 1.54) is 0 Å². The minimum atomic E-state index is 0.690. The lowest BCUT2D eigenvalue weighted by atomic mass is 10.2. The van der Waals surface area contributed by atoms with Crippen LogP contribution in [0.5, 0.6) is 5.75 Å². The fraction of sp³-hybridized carbons (Fsp3) is 0.294. The Hall–Kier alpha value is -1.87. The summed E-state index contributed by atoms with van der Waals surface area (Å²) in [5, 5.41) is 7.54. The van der Waals surface area contributed by atoms with Crippen LogP contribution >= 0.6 is 11.6 Å². The van der Waals surface area contributed by atoms with Gasteiger partial charge in [0.15, 0.2) is 0 Å². The average molecular weight is 305 g/mol. The molecule has 0 amide bonds. The predicted octanol–water partition coefficient (Wildman–Crippen LogP) is 4.57. The molecule has 0 heterocycles. The molecule has 0 aliphatic rings. The van der Waals surface area contributed by atoms with Crippen molar-refractivity contribution in [2.75, 3.05) is 30.3 Å². The first-order valence-electron chi connectivity index (χ1n) is 7.16. The number of hydrogen-bond acceptors (Lipinski definition) is 3. The van der Waals surface area contributed by atoms with Gasteiger partial charge in [-0.15, -0.1) is 0 Å². The third-order valence-electron chi connectivity index (χ3n) is 3.20. The average Bonchev–Trinajstić information content (AvgIpc) is 2.50. The molecule has 3 nitrogen and oxygen atoms in total. The normalized spacial score (nSPS) is 10.2. The Bertz CT molecular complexity index is 570. The first-order valence-corrected chi connectivity index (χ1v) is 7.54. The predicted molar refractivity (Wildman–Crippen MR) is 90.8 cm³/mol. The maximum atomic E-state index is 6.10. The fourth-order valence-electron chi connectivity index (χ4n) is 2.04. The summed E-state index contributed by atoms with van der Waals surface area (Å²) in [6, 6.07) is 13.9. The molecule has 2 rings (SSSR count). The highest BCUT2D eigenvalue weighted by Crippen LogP contribution is 2.22. The fourth-order valence-corrected chi connectivity index (χ4v) is 2.21. The molecule has 0 unspecified atom stereocenters. The summed E-state index contributed by atoms with van der Waals surface area (Å²) in [7, 11) is 0. The van der Waals surface area contributed by atoms with E-state index in [2.05, 4.69) is 10.6 Å². The Kier molecular flexibility index (Phi) is 5.76. The molecule has 0 aromatic heterocycles. The second kappa shape index (κ2) is 7.79. The van der Waals surface area contributed by atoms with Crippen LogP contribution in [0.25, 0.3) is 0 Å². The summed E-state index contributed by atoms with van der Waals surface area (Å²) in [5.41, 5.74) is 3.25. The third kappa shape index (κ3) is 4.57. The molecule has 0 aliphatic carbocycles. The van der Waals surface area contributed by atoms with Gasteiger partial charge in [-0.05, 0) is 55.8 Å². The van der Waals surface area contributed by atoms with Crippen molar-refractivity contribution >= 4 is 23.0 Å². The summed E-state index contributed by atoms with van der Waals surface area (Å²) < 4.78 is 5.42. The molecule has 0 saturated carbocycles. The van der Waals surface area contributed by atoms with E-state index in [-0.39, 0.29) is 0 Å². The van der Waals surface area contributed by atoms with E-state index >= 15 is 0 Å². The number of halogens is 1. The summed E-state index contributed by atoms with van der Waals surface area (Å²) in [4.78, 5) is 0. The largest absolute Gasteiger partial charge is 0.494 e. The van der Waals surface area contributed by atoms with E-state index in [0.717, 1.165) is 40.8 Å². The minimum absolute atomic E-state index is 0.690. The zero-order chi connectivity index (χ0) is 15.1. The van der Waals surface area contributed by atoms with Crippen LogP contribution in [0.4, 0.5) is 11.4 Å². The first kappa shape index (κ1) is 15.5. The van der Waals surface area contributed by atoms with Gasteiger partial charge in [0.25, 0.3) is 0 Å². The quantitative estimate of drug-likeness (QED) is 0.735. The van der Waals surface area contributed by atoms with Crippen LogP contribution in [-0.2, 0) is 0 Å². The van der Waals surface area contributed by atoms with Gasteiger partial charge >= 0.3 is 0 Å². The lowest BCUT2D eigenvalue weighted by Gasteiger charge is -2.12. The molecular formula is C17H21ClN2O. The van der Waals surface area contributed by atoms with Gasteiger partial charge < -0.3 is 15.4 Å². The SMILES string of the molecule is CCOc1ccc(NCCNc2cccc(Cl)c2C)cc1. The molecule has 2 aromatic rings. The summed E-state index contributed by atoms with van der Waals surface area (Å²) in [6.45, 7) is 6.35. The molecule has 2 N–H and O–H groups in total. The van der Waals surface area contributed by atoms with Gasteiger partial charge in [0, 0.05) is 29.5 Å². The number of benzene rings is 2. The van der Waals surface area contributed by atoms with E-state index in [9.17, 15) is 0 Å². The summed E-state index contributed by atoms with van der Waals surface area (Å²) in [6.07, 6.45) is 0. The Morgan fingerprint density at radius 1 is 1.00 bits per heavy atom. The van der Waals surface area contributed by atoms with E-state index in [1.54, 1.807) is 0 Å². The maximum Gasteiger partial charge on any atom is 0.119 e. The van der Waals surface area contributed by atoms with E-state index in [4.69, 9.17) is 16.3 Å². The smallest absolute Gasteiger partial charge is 0.119 e. The number of hydrogen-bond donors (Lipinski definition) is 2. The van der Waals surface area contributed by atoms with Gasteiger partial charge in [-0.2, -0.15) is 0 Å². The Balaban J connectivity index is 1.78. The molecule has 4 heteroatoms. The Morgan fingerprint density at radius 2 is 1.71 bits per heavy atom. The molecule has 0 fully saturated rings. The van der Waals surface area contributed by atoms with E-state index in [1.807, 2.05) is 56.3 Å². The molecule has 0 atom stereocenters. The lowest BCUT2D eigenvalue weighted by Crippen LogP contribution is -2.14. The first-order chi connectivity index (χ1) is 10.2. The number of ether oxygens (including phenoxy) is 1. The minimum Gasteiger partial charge on any atom is -0.494 e. The molecule has 0 spiro atoms. The van der Waals surface area contributed by atoms with Gasteiger partial charge in [0.05, 0.1) is 6.61 Å². The van der Waals surface area contributed by atoms with Crippen LogP contribution in [0.15, 0.2) is 42.5 Å². The van der Waals surface area contributed by atoms with Gasteiger partial charge in [0.2, 0.25) is 0 Å². The zero-order valence-corrected chi connectivity index (χ0v) is 13.2. The molecule has 0 bridgehead atoms. The second-order valence-corrected chi connectivity index (χ2v) is 5.13. The van der Waals surface area contributed by atoms with Crippen molar-refractivity contribution in [3.8, 4) is 5.75 Å². The Morgan fingerprint density at radius 3 is 2.43 bits per heavy atom. The summed E-state index contributed by atoms with van der Waals surface area (Å²) in [5.74, 6) is 0.899. The van der Waals surface area contributed by atoms with Crippen molar-refractivity contribution in [1.29, 1.82) is 0 Å². The van der Waals surface area contributed by atoms with Crippen LogP contribution in [0.1, 0.15) is 12.5 Å². The van der Waals surface area contributed by atoms with Crippen molar-refractivity contribution in [2.45, 2.75) is 13.8 Å². The Labute approximate surface area is 131 Å². The summed E-state index contributed by atoms with van der Waals surface area (Å²) >= 11 is 6.10. The van der Waals surface area contributed by atoms with Crippen molar-refractivity contribution in [3.05, 3.63) is 53.1 Å². The van der Waals surface area contributed by atoms with Crippen LogP contribution in [0.2, 0.25) is 5.02 Å². The van der Waals surface area contributed by atoms with Crippen molar-refractivity contribution in [2.24, 2.45) is 0 Å². The van der Waals surface area contributed by atoms with Gasteiger partial charge in [0.1, 0.15) is 5.75 Å². The number of nitrogens with one attached hydrogen (secondary N) is 2. The highest BCUT2D eigenvalue weighted by Gasteiger charge is 2.00. The van der Waals surface area contributed by atoms with Crippen LogP contribution < -0.4 is 15.4 Å². The van der Waals surface area contributed by atoms with Crippen LogP contribution in [0.3, 0.4) is 0 Å². The lowest BCUT2D eigenvalue weighted by molar-refractivity contribution is 0.340. The van der Waals surface area contributed by atoms with Crippen molar-refractivity contribution in [3.63, 3.8) is 0 Å². The topological polar surface area (TPSA) is 33.3 Å². The van der Waals surface area contributed by atoms with Crippen LogP contribution in [-0.4, -0.2) is 19.7 Å². The van der Waals surface area contributed by atoms with Crippen LogP contribution in [0, 0.1) is 6.92 Å². The molecule has 2 aromatic carbocycles. The molecule has 112 valence electrons. The van der Waals surface area contributed by atoms with Crippen molar-refractivity contribution in [1.82, 2.24) is 0 Å². The molecular weight excluding hydrogens is 284 g/mol. The molecule has 0 aliphatic heterocycles. The van der Waals surface area contributed by atoms with E-state index < -0.39 is 0 Å². The van der Waals surface area contributed by atoms with Gasteiger partial charge in [-0.25, -0.2) is 0 Å². The second-order valence-electron chi connectivity index (χ2n) is 4.72. The molecule has 0 radical (unpaired) electrons. The van der Waals surface area contributed by atoms with Crippen molar-refractivity contribution < 1.29 is 4.74 Å². The molecule has 21 heavy (non-hydrogen) atoms. The molecule has 0 saturated heterocycles. The highest BCUT2D eigenvalue weighted by molar-refractivity contribution is 6.31. The standard InChI is InChI=1S/C17H21ClN2O/c1-3-21-15-9-7-14(8-10-15)19-11-12-20-17-6-4-5-16(18)13(17)2/h4-10,19-20H,3,11-12H2,1-2H3. The van der Waals surface area contributed by atoms with Gasteiger partial charge in [-0.3, -0.25) is 0 Å². The highest BCUT2D eigenvalue weighted by atomic mass is 35.5. The maximum absolute atomic E-state index is 6.10. The number of rotatable bonds is 7. The van der Waals surface area contributed by atoms with Gasteiger partial charge in [-0.1, -0.05) is 17.7 Å². The van der Waals surface area contributed by atoms with E-state index in [0.29, 0.717) is 6.61 Å². The monoisotopic (exact) mass is 304 g/mol. The number of anilines is 2. The zero-order valence-electron chi connectivity index (χ0n) is 12.4.